The van der Waals surface area contributed by atoms with E-state index in [1.54, 1.807) is 30.5 Å². The van der Waals surface area contributed by atoms with Crippen LogP contribution in [0.3, 0.4) is 0 Å². The van der Waals surface area contributed by atoms with E-state index in [1.165, 1.54) is 0 Å². The highest BCUT2D eigenvalue weighted by atomic mass is 32.2. The Kier molecular flexibility index (Phi) is 5.17. The van der Waals surface area contributed by atoms with Crippen LogP contribution in [0.2, 0.25) is 0 Å². The minimum absolute atomic E-state index is 0.0756. The summed E-state index contributed by atoms with van der Waals surface area (Å²) >= 11 is 0. The third-order valence-corrected chi connectivity index (χ3v) is 4.98. The second-order valence-corrected chi connectivity index (χ2v) is 7.09. The van der Waals surface area contributed by atoms with Crippen LogP contribution in [0.15, 0.2) is 52.0 Å². The average Bonchev–Trinajstić information content (AvgIpc) is 2.98. The predicted molar refractivity (Wildman–Crippen MR) is 81.4 cm³/mol. The molecule has 1 heterocycles. The largest absolute Gasteiger partial charge is 0.468 e. The summed E-state index contributed by atoms with van der Waals surface area (Å²) in [6.45, 7) is 1.45. The van der Waals surface area contributed by atoms with E-state index < -0.39 is 9.84 Å². The summed E-state index contributed by atoms with van der Waals surface area (Å²) in [5.74, 6) is 0.897. The van der Waals surface area contributed by atoms with Crippen LogP contribution in [0.25, 0.3) is 0 Å². The smallest absolute Gasteiger partial charge is 0.179 e. The first-order chi connectivity index (χ1) is 10.0. The van der Waals surface area contributed by atoms with Crippen molar-refractivity contribution in [2.45, 2.75) is 18.0 Å². The molecular weight excluding hydrogens is 288 g/mol. The lowest BCUT2D eigenvalue weighted by Gasteiger charge is -2.15. The lowest BCUT2D eigenvalue weighted by molar-refractivity contribution is 0.310. The zero-order valence-electron chi connectivity index (χ0n) is 12.0. The highest BCUT2D eigenvalue weighted by Crippen LogP contribution is 2.13. The molecular formula is C15H20N2O3S. The number of rotatable bonds is 7. The fraction of sp³-hybridized carbons (Fsp3) is 0.333. The normalized spacial score (nSPS) is 12.0. The molecule has 0 amide bonds. The van der Waals surface area contributed by atoms with E-state index in [0.29, 0.717) is 24.5 Å². The van der Waals surface area contributed by atoms with Crippen molar-refractivity contribution < 1.29 is 12.8 Å². The topological polar surface area (TPSA) is 76.5 Å². The highest BCUT2D eigenvalue weighted by molar-refractivity contribution is 7.91. The summed E-state index contributed by atoms with van der Waals surface area (Å²) in [5, 5.41) is 0. The van der Waals surface area contributed by atoms with Crippen LogP contribution in [0, 0.1) is 0 Å². The minimum atomic E-state index is -3.27. The van der Waals surface area contributed by atoms with E-state index >= 15 is 0 Å². The summed E-state index contributed by atoms with van der Waals surface area (Å²) < 4.78 is 29.8. The molecule has 5 nitrogen and oxygen atoms in total. The first kappa shape index (κ1) is 15.8. The van der Waals surface area contributed by atoms with Crippen LogP contribution in [-0.4, -0.2) is 32.7 Å². The number of nitrogens with zero attached hydrogens (tertiary/aromatic N) is 1. The molecule has 0 unspecified atom stereocenters. The van der Waals surface area contributed by atoms with Crippen LogP contribution >= 0.6 is 0 Å². The van der Waals surface area contributed by atoms with E-state index in [4.69, 9.17) is 10.2 Å². The second-order valence-electron chi connectivity index (χ2n) is 4.98. The fourth-order valence-electron chi connectivity index (χ4n) is 1.97. The van der Waals surface area contributed by atoms with E-state index in [-0.39, 0.29) is 5.75 Å². The Hall–Kier alpha value is -1.63. The molecule has 0 spiro atoms. The van der Waals surface area contributed by atoms with Crippen molar-refractivity contribution in [3.63, 3.8) is 0 Å². The fourth-order valence-corrected chi connectivity index (χ4v) is 3.31. The monoisotopic (exact) mass is 308 g/mol. The van der Waals surface area contributed by atoms with Crippen LogP contribution in [0.1, 0.15) is 11.3 Å². The number of nitrogens with two attached hydrogens (primary N) is 1. The summed E-state index contributed by atoms with van der Waals surface area (Å²) in [7, 11) is -1.40. The number of hydrogen-bond acceptors (Lipinski definition) is 5. The molecule has 0 aliphatic heterocycles. The van der Waals surface area contributed by atoms with Gasteiger partial charge < -0.3 is 10.2 Å². The van der Waals surface area contributed by atoms with Gasteiger partial charge in [0.05, 0.1) is 23.5 Å². The standard InChI is InChI=1S/C15H20N2O3S/c1-17(12-14-3-2-9-20-14)8-10-21(18,19)15-6-4-13(11-16)5-7-15/h2-7,9H,8,10-12,16H2,1H3. The molecule has 114 valence electrons. The number of furan rings is 1. The van der Waals surface area contributed by atoms with Gasteiger partial charge in [0.2, 0.25) is 0 Å². The Labute approximate surface area is 125 Å². The third-order valence-electron chi connectivity index (χ3n) is 3.27. The summed E-state index contributed by atoms with van der Waals surface area (Å²) in [4.78, 5) is 2.26. The van der Waals surface area contributed by atoms with E-state index in [1.807, 2.05) is 24.1 Å². The molecule has 1 aromatic carbocycles. The van der Waals surface area contributed by atoms with Crippen LogP contribution in [-0.2, 0) is 22.9 Å². The zero-order valence-corrected chi connectivity index (χ0v) is 12.8. The van der Waals surface area contributed by atoms with Crippen molar-refractivity contribution in [2.24, 2.45) is 5.73 Å². The lowest BCUT2D eigenvalue weighted by atomic mass is 10.2. The molecule has 0 bridgehead atoms. The van der Waals surface area contributed by atoms with Crippen LogP contribution in [0.5, 0.6) is 0 Å². The van der Waals surface area contributed by atoms with Crippen LogP contribution in [0.4, 0.5) is 0 Å². The molecule has 2 rings (SSSR count). The summed E-state index contributed by atoms with van der Waals surface area (Å²) in [5.41, 5.74) is 6.43. The molecule has 0 saturated carbocycles. The van der Waals surface area contributed by atoms with Gasteiger partial charge in [0, 0.05) is 13.1 Å². The molecule has 1 aromatic heterocycles. The highest BCUT2D eigenvalue weighted by Gasteiger charge is 2.15. The van der Waals surface area contributed by atoms with Gasteiger partial charge in [-0.2, -0.15) is 0 Å². The Morgan fingerprint density at radius 1 is 1.19 bits per heavy atom. The molecule has 2 N–H and O–H groups in total. The van der Waals surface area contributed by atoms with Gasteiger partial charge in [0.1, 0.15) is 5.76 Å². The molecule has 6 heteroatoms. The van der Waals surface area contributed by atoms with E-state index in [0.717, 1.165) is 11.3 Å². The Bertz CT molecular complexity index is 649. The maximum Gasteiger partial charge on any atom is 0.179 e. The average molecular weight is 308 g/mol. The lowest BCUT2D eigenvalue weighted by Crippen LogP contribution is -2.25. The molecule has 0 aliphatic rings. The van der Waals surface area contributed by atoms with Gasteiger partial charge >= 0.3 is 0 Å². The van der Waals surface area contributed by atoms with Gasteiger partial charge in [-0.05, 0) is 36.9 Å². The van der Waals surface area contributed by atoms with Crippen molar-refractivity contribution in [2.75, 3.05) is 19.3 Å². The Balaban J connectivity index is 1.93. The predicted octanol–water partition coefficient (Wildman–Crippen LogP) is 1.64. The van der Waals surface area contributed by atoms with Gasteiger partial charge in [-0.1, -0.05) is 12.1 Å². The van der Waals surface area contributed by atoms with Crippen molar-refractivity contribution in [3.05, 3.63) is 54.0 Å². The van der Waals surface area contributed by atoms with E-state index in [2.05, 4.69) is 0 Å². The van der Waals surface area contributed by atoms with Gasteiger partial charge in [-0.15, -0.1) is 0 Å². The molecule has 0 aliphatic carbocycles. The van der Waals surface area contributed by atoms with Gasteiger partial charge in [0.25, 0.3) is 0 Å². The van der Waals surface area contributed by atoms with Crippen molar-refractivity contribution in [1.82, 2.24) is 4.90 Å². The molecule has 2 aromatic rings. The molecule has 21 heavy (non-hydrogen) atoms. The number of benzene rings is 1. The van der Waals surface area contributed by atoms with Crippen molar-refractivity contribution >= 4 is 9.84 Å². The second kappa shape index (κ2) is 6.89. The first-order valence-electron chi connectivity index (χ1n) is 6.74. The maximum atomic E-state index is 12.3. The Morgan fingerprint density at radius 3 is 2.48 bits per heavy atom. The first-order valence-corrected chi connectivity index (χ1v) is 8.39. The molecule has 0 atom stereocenters. The zero-order chi connectivity index (χ0) is 15.3. The molecule has 0 fully saturated rings. The minimum Gasteiger partial charge on any atom is -0.468 e. The maximum absolute atomic E-state index is 12.3. The number of sulfone groups is 1. The quantitative estimate of drug-likeness (QED) is 0.841. The molecule has 0 radical (unpaired) electrons. The molecule has 0 saturated heterocycles. The van der Waals surface area contributed by atoms with Crippen LogP contribution < -0.4 is 5.73 Å². The summed E-state index contributed by atoms with van der Waals surface area (Å²) in [6, 6.07) is 10.4. The van der Waals surface area contributed by atoms with Gasteiger partial charge in [-0.25, -0.2) is 8.42 Å². The Morgan fingerprint density at radius 2 is 1.90 bits per heavy atom. The van der Waals surface area contributed by atoms with Crippen molar-refractivity contribution in [3.8, 4) is 0 Å². The van der Waals surface area contributed by atoms with Gasteiger partial charge in [-0.3, -0.25) is 4.90 Å². The number of hydrogen-bond donors (Lipinski definition) is 1. The summed E-state index contributed by atoms with van der Waals surface area (Å²) in [6.07, 6.45) is 1.61. The third kappa shape index (κ3) is 4.42. The van der Waals surface area contributed by atoms with Gasteiger partial charge in [0.15, 0.2) is 9.84 Å². The van der Waals surface area contributed by atoms with Crippen molar-refractivity contribution in [1.29, 1.82) is 0 Å². The van der Waals surface area contributed by atoms with E-state index in [9.17, 15) is 8.42 Å². The SMILES string of the molecule is CN(CCS(=O)(=O)c1ccc(CN)cc1)Cc1ccco1.